The molecule has 0 radical (unpaired) electrons. The standard InChI is InChI=1S/C21H42N4O3S/c1-7-11-17(25-20(26)28-21(4,5)6)15-23-19(22-8-2)24-16-12-10-13-18(14-16)29(27)9-3/h16-18H,7-15H2,1-6H3,(H,25,26)(H2,22,23,24). The van der Waals surface area contributed by atoms with Crippen molar-refractivity contribution in [1.29, 1.82) is 0 Å². The van der Waals surface area contributed by atoms with Gasteiger partial charge in [-0.1, -0.05) is 26.7 Å². The molecule has 7 nitrogen and oxygen atoms in total. The molecule has 0 aromatic rings. The second-order valence-corrected chi connectivity index (χ2v) is 10.7. The number of hydrogen-bond donors (Lipinski definition) is 3. The second-order valence-electron chi connectivity index (χ2n) is 8.65. The molecule has 8 heteroatoms. The van der Waals surface area contributed by atoms with Gasteiger partial charge in [0.25, 0.3) is 0 Å². The van der Waals surface area contributed by atoms with Crippen LogP contribution in [0.3, 0.4) is 0 Å². The van der Waals surface area contributed by atoms with Gasteiger partial charge in [-0.15, -0.1) is 0 Å². The molecule has 3 N–H and O–H groups in total. The maximum absolute atomic E-state index is 12.2. The minimum Gasteiger partial charge on any atom is -0.444 e. The first-order chi connectivity index (χ1) is 13.7. The van der Waals surface area contributed by atoms with Gasteiger partial charge < -0.3 is 20.7 Å². The first kappa shape index (κ1) is 25.7. The molecular formula is C21H42N4O3S. The lowest BCUT2D eigenvalue weighted by molar-refractivity contribution is 0.0503. The molecule has 0 bridgehead atoms. The van der Waals surface area contributed by atoms with Gasteiger partial charge in [0.2, 0.25) is 0 Å². The number of rotatable bonds is 9. The molecule has 0 aromatic carbocycles. The summed E-state index contributed by atoms with van der Waals surface area (Å²) in [6.45, 7) is 12.9. The number of alkyl carbamates (subject to hydrolysis) is 1. The highest BCUT2D eigenvalue weighted by Gasteiger charge is 2.26. The number of ether oxygens (including phenoxy) is 1. The summed E-state index contributed by atoms with van der Waals surface area (Å²) in [6.07, 6.45) is 5.50. The molecule has 0 aromatic heterocycles. The second kappa shape index (κ2) is 13.1. The maximum Gasteiger partial charge on any atom is 0.407 e. The summed E-state index contributed by atoms with van der Waals surface area (Å²) in [5.74, 6) is 1.48. The van der Waals surface area contributed by atoms with Crippen LogP contribution in [-0.4, -0.2) is 58.0 Å². The molecule has 1 aliphatic carbocycles. The van der Waals surface area contributed by atoms with Gasteiger partial charge in [-0.2, -0.15) is 0 Å². The monoisotopic (exact) mass is 430 g/mol. The third-order valence-corrected chi connectivity index (χ3v) is 6.54. The zero-order valence-corrected chi connectivity index (χ0v) is 20.0. The topological polar surface area (TPSA) is 91.8 Å². The molecule has 1 aliphatic rings. The van der Waals surface area contributed by atoms with E-state index in [1.807, 2.05) is 34.6 Å². The van der Waals surface area contributed by atoms with E-state index in [0.29, 0.717) is 6.54 Å². The number of amides is 1. The van der Waals surface area contributed by atoms with E-state index in [4.69, 9.17) is 9.73 Å². The molecule has 1 rings (SSSR count). The van der Waals surface area contributed by atoms with Crippen LogP contribution in [0, 0.1) is 0 Å². The molecule has 4 unspecified atom stereocenters. The van der Waals surface area contributed by atoms with Crippen molar-refractivity contribution in [3.63, 3.8) is 0 Å². The van der Waals surface area contributed by atoms with Gasteiger partial charge >= 0.3 is 6.09 Å². The van der Waals surface area contributed by atoms with E-state index in [1.54, 1.807) is 0 Å². The fraction of sp³-hybridized carbons (Fsp3) is 0.905. The van der Waals surface area contributed by atoms with Crippen molar-refractivity contribution in [3.8, 4) is 0 Å². The summed E-state index contributed by atoms with van der Waals surface area (Å²) in [5, 5.41) is 10.0. The molecule has 1 amide bonds. The van der Waals surface area contributed by atoms with Crippen LogP contribution >= 0.6 is 0 Å². The van der Waals surface area contributed by atoms with E-state index in [-0.39, 0.29) is 17.3 Å². The Bertz CT molecular complexity index is 549. The van der Waals surface area contributed by atoms with Crippen LogP contribution in [-0.2, 0) is 15.5 Å². The SMILES string of the molecule is CCCC(CN=C(NCC)NC1CCCC(S(=O)CC)C1)NC(=O)OC(C)(C)C. The van der Waals surface area contributed by atoms with Crippen LogP contribution < -0.4 is 16.0 Å². The lowest BCUT2D eigenvalue weighted by Crippen LogP contribution is -2.47. The molecular weight excluding hydrogens is 388 g/mol. The molecule has 1 saturated carbocycles. The third kappa shape index (κ3) is 10.9. The van der Waals surface area contributed by atoms with Crippen LogP contribution in [0.4, 0.5) is 4.79 Å². The Morgan fingerprint density at radius 2 is 1.97 bits per heavy atom. The van der Waals surface area contributed by atoms with Gasteiger partial charge in [-0.25, -0.2) is 4.79 Å². The Kier molecular flexibility index (Phi) is 11.6. The van der Waals surface area contributed by atoms with Crippen molar-refractivity contribution < 1.29 is 13.7 Å². The van der Waals surface area contributed by atoms with Gasteiger partial charge in [0.05, 0.1) is 12.6 Å². The molecule has 0 aliphatic heterocycles. The molecule has 0 saturated heterocycles. The molecule has 1 fully saturated rings. The van der Waals surface area contributed by atoms with Crippen molar-refractivity contribution in [2.45, 2.75) is 103 Å². The zero-order chi connectivity index (χ0) is 21.9. The van der Waals surface area contributed by atoms with Crippen molar-refractivity contribution in [3.05, 3.63) is 0 Å². The predicted molar refractivity (Wildman–Crippen MR) is 122 cm³/mol. The van der Waals surface area contributed by atoms with E-state index in [9.17, 15) is 9.00 Å². The summed E-state index contributed by atoms with van der Waals surface area (Å²) in [7, 11) is -0.743. The first-order valence-corrected chi connectivity index (χ1v) is 12.5. The van der Waals surface area contributed by atoms with Gasteiger partial charge in [-0.3, -0.25) is 9.20 Å². The van der Waals surface area contributed by atoms with Crippen LogP contribution in [0.1, 0.15) is 80.1 Å². The fourth-order valence-corrected chi connectivity index (χ4v) is 4.85. The van der Waals surface area contributed by atoms with Crippen molar-refractivity contribution in [1.82, 2.24) is 16.0 Å². The van der Waals surface area contributed by atoms with E-state index in [1.165, 1.54) is 0 Å². The van der Waals surface area contributed by atoms with Crippen LogP contribution in [0.15, 0.2) is 4.99 Å². The van der Waals surface area contributed by atoms with E-state index >= 15 is 0 Å². The summed E-state index contributed by atoms with van der Waals surface area (Å²) < 4.78 is 17.6. The summed E-state index contributed by atoms with van der Waals surface area (Å²) in [4.78, 5) is 16.8. The molecule has 4 atom stereocenters. The van der Waals surface area contributed by atoms with E-state index < -0.39 is 22.5 Å². The number of aliphatic imine (C=N–C) groups is 1. The molecule has 0 heterocycles. The van der Waals surface area contributed by atoms with Crippen molar-refractivity contribution in [2.75, 3.05) is 18.8 Å². The average Bonchev–Trinajstić information content (AvgIpc) is 2.64. The van der Waals surface area contributed by atoms with Crippen LogP contribution in [0.5, 0.6) is 0 Å². The number of carbonyl (C=O) groups is 1. The third-order valence-electron chi connectivity index (χ3n) is 4.80. The number of nitrogens with zero attached hydrogens (tertiary/aromatic N) is 1. The summed E-state index contributed by atoms with van der Waals surface area (Å²) in [5.41, 5.74) is -0.517. The van der Waals surface area contributed by atoms with Gasteiger partial charge in [0, 0.05) is 34.4 Å². The largest absolute Gasteiger partial charge is 0.444 e. The number of hydrogen-bond acceptors (Lipinski definition) is 4. The van der Waals surface area contributed by atoms with Gasteiger partial charge in [0.15, 0.2) is 5.96 Å². The number of carbonyl (C=O) groups excluding carboxylic acids is 1. The van der Waals surface area contributed by atoms with Crippen LogP contribution in [0.2, 0.25) is 0 Å². The highest BCUT2D eigenvalue weighted by Crippen LogP contribution is 2.23. The molecule has 170 valence electrons. The molecule has 29 heavy (non-hydrogen) atoms. The van der Waals surface area contributed by atoms with E-state index in [2.05, 4.69) is 22.9 Å². The van der Waals surface area contributed by atoms with Crippen molar-refractivity contribution >= 4 is 22.9 Å². The Morgan fingerprint density at radius 3 is 2.55 bits per heavy atom. The summed E-state index contributed by atoms with van der Waals surface area (Å²) in [6, 6.07) is 0.211. The minimum absolute atomic E-state index is 0.0722. The Morgan fingerprint density at radius 1 is 1.24 bits per heavy atom. The summed E-state index contributed by atoms with van der Waals surface area (Å²) >= 11 is 0. The normalized spacial score (nSPS) is 22.5. The fourth-order valence-electron chi connectivity index (χ4n) is 3.50. The number of nitrogens with one attached hydrogen (secondary N) is 3. The predicted octanol–water partition coefficient (Wildman–Crippen LogP) is 3.31. The highest BCUT2D eigenvalue weighted by atomic mass is 32.2. The van der Waals surface area contributed by atoms with E-state index in [0.717, 1.165) is 56.8 Å². The zero-order valence-electron chi connectivity index (χ0n) is 19.2. The lowest BCUT2D eigenvalue weighted by atomic mass is 9.95. The smallest absolute Gasteiger partial charge is 0.407 e. The average molecular weight is 431 g/mol. The Labute approximate surface area is 179 Å². The maximum atomic E-state index is 12.2. The Hall–Kier alpha value is -1.31. The molecule has 0 spiro atoms. The quantitative estimate of drug-likeness (QED) is 0.385. The minimum atomic E-state index is -0.743. The Balaban J connectivity index is 2.69. The first-order valence-electron chi connectivity index (χ1n) is 11.1. The van der Waals surface area contributed by atoms with Crippen molar-refractivity contribution in [2.24, 2.45) is 4.99 Å². The number of guanidine groups is 1. The highest BCUT2D eigenvalue weighted by molar-refractivity contribution is 7.85. The lowest BCUT2D eigenvalue weighted by Gasteiger charge is -2.30. The van der Waals surface area contributed by atoms with Gasteiger partial charge in [0.1, 0.15) is 5.60 Å². The van der Waals surface area contributed by atoms with Crippen LogP contribution in [0.25, 0.3) is 0 Å². The van der Waals surface area contributed by atoms with Gasteiger partial charge in [-0.05, 0) is 53.4 Å².